The summed E-state index contributed by atoms with van der Waals surface area (Å²) in [6, 6.07) is 9.79. The molecule has 1 rings (SSSR count). The summed E-state index contributed by atoms with van der Waals surface area (Å²) in [5, 5.41) is 0. The average molecular weight is 391 g/mol. The van der Waals surface area contributed by atoms with Gasteiger partial charge in [0.2, 0.25) is 0 Å². The molecule has 0 nitrogen and oxygen atoms in total. The van der Waals surface area contributed by atoms with Gasteiger partial charge < -0.3 is 12.6 Å². The van der Waals surface area contributed by atoms with Gasteiger partial charge >= 0.3 is 0 Å². The second kappa shape index (κ2) is 11.5. The Labute approximate surface area is 136 Å². The molecule has 0 atom stereocenters. The van der Waals surface area contributed by atoms with Gasteiger partial charge in [0.1, 0.15) is 0 Å². The minimum atomic E-state index is -1.50. The van der Waals surface area contributed by atoms with Crippen molar-refractivity contribution in [3.8, 4) is 0 Å². The minimum Gasteiger partial charge on any atom is -0.737 e. The van der Waals surface area contributed by atoms with E-state index in [0.717, 1.165) is 4.90 Å². The average Bonchev–Trinajstić information content (AvgIpc) is 1.85. The van der Waals surface area contributed by atoms with Crippen molar-refractivity contribution in [1.82, 2.24) is 0 Å². The summed E-state index contributed by atoms with van der Waals surface area (Å²) in [4.78, 5) is 1.02. The third kappa shape index (κ3) is 23.7. The molecule has 0 aliphatic rings. The fourth-order valence-corrected chi connectivity index (χ4v) is 0.600. The number of benzene rings is 1. The summed E-state index contributed by atoms with van der Waals surface area (Å²) >= 11 is 22.8. The second-order valence-corrected chi connectivity index (χ2v) is 5.86. The van der Waals surface area contributed by atoms with Gasteiger partial charge in [-0.2, -0.15) is 0 Å². The molecule has 0 heterocycles. The predicted molar refractivity (Wildman–Crippen MR) is 61.3 cm³/mol. The van der Waals surface area contributed by atoms with Crippen LogP contribution in [0.4, 0.5) is 0 Å². The maximum atomic E-state index is 4.88. The van der Waals surface area contributed by atoms with Gasteiger partial charge in [0.15, 0.2) is 0 Å². The molecular weight excluding hydrogens is 385 g/mol. The van der Waals surface area contributed by atoms with Gasteiger partial charge in [-0.15, -0.1) is 47.4 Å². The van der Waals surface area contributed by atoms with Crippen LogP contribution in [0.15, 0.2) is 35.2 Å². The zero-order valence-corrected chi connectivity index (χ0v) is 17.2. The molecule has 0 unspecified atom stereocenters. The van der Waals surface area contributed by atoms with Crippen molar-refractivity contribution in [3.05, 3.63) is 30.3 Å². The van der Waals surface area contributed by atoms with E-state index in [2.05, 4.69) is 25.3 Å². The molecule has 0 N–H and O–H groups in total. The number of rotatable bonds is 0. The molecule has 0 amide bonds. The van der Waals surface area contributed by atoms with E-state index in [0.29, 0.717) is 0 Å². The molecule has 0 aliphatic heterocycles. The smallest absolute Gasteiger partial charge is 0.0767 e. The molecule has 0 fully saturated rings. The maximum Gasteiger partial charge on any atom is 0.0767 e. The molecule has 7 heteroatoms. The molecule has 0 radical (unpaired) electrons. The Kier molecular flexibility index (Phi) is 17.6. The molecule has 0 aliphatic carbocycles. The van der Waals surface area contributed by atoms with Crippen molar-refractivity contribution in [3.63, 3.8) is 0 Å². The Morgan fingerprint density at radius 1 is 1.00 bits per heavy atom. The van der Waals surface area contributed by atoms with E-state index < -0.39 is 3.12 Å². The van der Waals surface area contributed by atoms with Crippen molar-refractivity contribution < 1.29 is 39.0 Å². The van der Waals surface area contributed by atoms with Crippen LogP contribution in [0.1, 0.15) is 0 Å². The number of alkyl halides is 3. The van der Waals surface area contributed by atoms with Crippen LogP contribution >= 0.6 is 47.4 Å². The molecule has 0 bridgehead atoms. The van der Waals surface area contributed by atoms with E-state index in [1.165, 1.54) is 0 Å². The van der Waals surface area contributed by atoms with Crippen molar-refractivity contribution in [2.75, 3.05) is 0 Å². The Balaban J connectivity index is -0.000000159. The summed E-state index contributed by atoms with van der Waals surface area (Å²) in [5.41, 5.74) is 0. The summed E-state index contributed by atoms with van der Waals surface area (Å²) in [7, 11) is 0. The largest absolute Gasteiger partial charge is 0.737 e. The van der Waals surface area contributed by atoms with Crippen LogP contribution in [0.2, 0.25) is 0 Å². The number of hydrogen-bond acceptors (Lipinski definition) is 2. The van der Waals surface area contributed by atoms with E-state index in [9.17, 15) is 0 Å². The first-order valence-corrected chi connectivity index (χ1v) is 4.89. The Morgan fingerprint density at radius 2 is 1.29 bits per heavy atom. The van der Waals surface area contributed by atoms with Crippen LogP contribution in [0, 0.1) is 0 Å². The van der Waals surface area contributed by atoms with Crippen molar-refractivity contribution >= 4 is 60.1 Å². The SMILES string of the molecule is Sc1ccccc1.[S-]C(Cl)(Cl)Cl.[Zn].[Zn]. The Morgan fingerprint density at radius 3 is 1.43 bits per heavy atom. The third-order valence-electron chi connectivity index (χ3n) is 0.756. The quantitative estimate of drug-likeness (QED) is 0.304. The first-order valence-electron chi connectivity index (χ1n) is 2.91. The van der Waals surface area contributed by atoms with Crippen LogP contribution in [0.3, 0.4) is 0 Å². The first kappa shape index (κ1) is 21.3. The van der Waals surface area contributed by atoms with Crippen LogP contribution in [-0.2, 0) is 51.6 Å². The standard InChI is InChI=1S/C6H6S.CHCl3S.2Zn/c7-6-4-2-1-3-5-6;2-1(3,4)5;;/h1-5,7H;5H;;/p-1. The number of halogens is 3. The van der Waals surface area contributed by atoms with Gasteiger partial charge in [-0.3, -0.25) is 0 Å². The van der Waals surface area contributed by atoms with Gasteiger partial charge in [0, 0.05) is 43.9 Å². The van der Waals surface area contributed by atoms with E-state index in [-0.39, 0.29) is 39.0 Å². The summed E-state index contributed by atoms with van der Waals surface area (Å²) in [6.07, 6.45) is 0. The van der Waals surface area contributed by atoms with Gasteiger partial charge in [0.05, 0.1) is 3.12 Å². The van der Waals surface area contributed by atoms with E-state index in [1.807, 2.05) is 30.3 Å². The minimum absolute atomic E-state index is 0. The summed E-state index contributed by atoms with van der Waals surface area (Å²) in [6.45, 7) is 0. The molecule has 1 aromatic carbocycles. The molecule has 0 aromatic heterocycles. The van der Waals surface area contributed by atoms with E-state index >= 15 is 0 Å². The van der Waals surface area contributed by atoms with Crippen LogP contribution in [0.25, 0.3) is 0 Å². The molecule has 0 saturated carbocycles. The zero-order valence-electron chi connectivity index (χ0n) is 7.29. The van der Waals surface area contributed by atoms with Crippen molar-refractivity contribution in [2.24, 2.45) is 0 Å². The topological polar surface area (TPSA) is 0 Å². The molecule has 72 valence electrons. The predicted octanol–water partition coefficient (Wildman–Crippen LogP) is 3.83. The Hall–Kier alpha value is 2.04. The second-order valence-electron chi connectivity index (χ2n) is 1.78. The van der Waals surface area contributed by atoms with Crippen LogP contribution in [-0.4, -0.2) is 3.12 Å². The van der Waals surface area contributed by atoms with Gasteiger partial charge in [-0.25, -0.2) is 0 Å². The van der Waals surface area contributed by atoms with Gasteiger partial charge in [-0.1, -0.05) is 18.2 Å². The summed E-state index contributed by atoms with van der Waals surface area (Å²) < 4.78 is -1.50. The van der Waals surface area contributed by atoms with E-state index in [4.69, 9.17) is 34.8 Å². The third-order valence-corrected chi connectivity index (χ3v) is 1.05. The molecule has 0 spiro atoms. The van der Waals surface area contributed by atoms with Crippen LogP contribution in [0.5, 0.6) is 0 Å². The maximum absolute atomic E-state index is 4.88. The molecule has 0 saturated heterocycles. The molecule has 14 heavy (non-hydrogen) atoms. The normalized spacial score (nSPS) is 8.64. The number of thiol groups is 1. The van der Waals surface area contributed by atoms with Crippen molar-refractivity contribution in [2.45, 2.75) is 8.02 Å². The summed E-state index contributed by atoms with van der Waals surface area (Å²) in [5.74, 6) is 0. The Bertz CT molecular complexity index is 210. The van der Waals surface area contributed by atoms with Gasteiger partial charge in [0.25, 0.3) is 0 Å². The molecular formula is C7H6Cl3S2Zn2-. The van der Waals surface area contributed by atoms with E-state index in [1.54, 1.807) is 0 Å². The molecule has 1 aromatic rings. The first-order chi connectivity index (χ1) is 5.39. The van der Waals surface area contributed by atoms with Gasteiger partial charge in [-0.05, 0) is 12.1 Å². The van der Waals surface area contributed by atoms with Crippen molar-refractivity contribution in [1.29, 1.82) is 0 Å². The van der Waals surface area contributed by atoms with Crippen LogP contribution < -0.4 is 0 Å². The monoisotopic (exact) mass is 387 g/mol. The zero-order chi connectivity index (χ0) is 9.61. The fraction of sp³-hybridized carbons (Fsp3) is 0.143. The fourth-order valence-electron chi connectivity index (χ4n) is 0.428. The number of hydrogen-bond donors (Lipinski definition) is 1.